The predicted molar refractivity (Wildman–Crippen MR) is 77.1 cm³/mol. The molecule has 1 N–H and O–H groups in total. The van der Waals surface area contributed by atoms with Crippen LogP contribution in [0.3, 0.4) is 0 Å². The van der Waals surface area contributed by atoms with Crippen LogP contribution < -0.4 is 4.90 Å². The molecule has 1 atom stereocenters. The van der Waals surface area contributed by atoms with Gasteiger partial charge >= 0.3 is 0 Å². The molecule has 2 nitrogen and oxygen atoms in total. The van der Waals surface area contributed by atoms with Gasteiger partial charge in [0.05, 0.1) is 6.10 Å². The van der Waals surface area contributed by atoms with Gasteiger partial charge < -0.3 is 10.0 Å². The SMILES string of the molecule is CCc1ccc(N(C)CC(O)C2CCCC2)cc1. The molecule has 0 aliphatic heterocycles. The average molecular weight is 247 g/mol. The van der Waals surface area contributed by atoms with Gasteiger partial charge in [-0.2, -0.15) is 0 Å². The van der Waals surface area contributed by atoms with E-state index in [0.29, 0.717) is 5.92 Å². The number of benzene rings is 1. The Kier molecular flexibility index (Phi) is 4.65. The van der Waals surface area contributed by atoms with E-state index in [1.54, 1.807) is 0 Å². The number of aliphatic hydroxyl groups excluding tert-OH is 1. The zero-order chi connectivity index (χ0) is 13.0. The molecule has 100 valence electrons. The number of aliphatic hydroxyl groups is 1. The largest absolute Gasteiger partial charge is 0.391 e. The van der Waals surface area contributed by atoms with Gasteiger partial charge in [-0.05, 0) is 42.9 Å². The Bertz CT molecular complexity index is 354. The zero-order valence-electron chi connectivity index (χ0n) is 11.6. The average Bonchev–Trinajstić information content (AvgIpc) is 2.92. The molecule has 18 heavy (non-hydrogen) atoms. The molecule has 1 saturated carbocycles. The lowest BCUT2D eigenvalue weighted by Gasteiger charge is -2.26. The number of aryl methyl sites for hydroxylation is 1. The van der Waals surface area contributed by atoms with Crippen molar-refractivity contribution in [1.82, 2.24) is 0 Å². The molecule has 0 heterocycles. The summed E-state index contributed by atoms with van der Waals surface area (Å²) in [6.45, 7) is 2.92. The van der Waals surface area contributed by atoms with Crippen molar-refractivity contribution < 1.29 is 5.11 Å². The zero-order valence-corrected chi connectivity index (χ0v) is 11.6. The lowest BCUT2D eigenvalue weighted by atomic mass is 10.0. The number of likely N-dealkylation sites (N-methyl/N-ethyl adjacent to an activating group) is 1. The summed E-state index contributed by atoms with van der Waals surface area (Å²) in [5.41, 5.74) is 2.56. The van der Waals surface area contributed by atoms with Gasteiger partial charge in [0.1, 0.15) is 0 Å². The second-order valence-corrected chi connectivity index (χ2v) is 5.51. The second-order valence-electron chi connectivity index (χ2n) is 5.51. The van der Waals surface area contributed by atoms with Gasteiger partial charge in [0, 0.05) is 19.3 Å². The number of anilines is 1. The number of hydrogen-bond donors (Lipinski definition) is 1. The van der Waals surface area contributed by atoms with Gasteiger partial charge in [-0.25, -0.2) is 0 Å². The van der Waals surface area contributed by atoms with Crippen LogP contribution in [-0.4, -0.2) is 24.8 Å². The Labute approximate surface area is 111 Å². The first kappa shape index (κ1) is 13.4. The van der Waals surface area contributed by atoms with E-state index in [1.807, 2.05) is 0 Å². The third kappa shape index (κ3) is 3.26. The highest BCUT2D eigenvalue weighted by Gasteiger charge is 2.24. The molecule has 1 aromatic rings. The summed E-state index contributed by atoms with van der Waals surface area (Å²) in [6, 6.07) is 8.65. The van der Waals surface area contributed by atoms with Gasteiger partial charge in [0.2, 0.25) is 0 Å². The Morgan fingerprint density at radius 2 is 1.83 bits per heavy atom. The van der Waals surface area contributed by atoms with Crippen molar-refractivity contribution in [3.05, 3.63) is 29.8 Å². The first-order valence-electron chi connectivity index (χ1n) is 7.19. The summed E-state index contributed by atoms with van der Waals surface area (Å²) >= 11 is 0. The van der Waals surface area contributed by atoms with Crippen LogP contribution in [0.2, 0.25) is 0 Å². The molecule has 1 aromatic carbocycles. The fourth-order valence-electron chi connectivity index (χ4n) is 2.86. The molecule has 1 aliphatic carbocycles. The van der Waals surface area contributed by atoms with Crippen molar-refractivity contribution in [2.75, 3.05) is 18.5 Å². The van der Waals surface area contributed by atoms with Crippen molar-refractivity contribution in [1.29, 1.82) is 0 Å². The summed E-state index contributed by atoms with van der Waals surface area (Å²) < 4.78 is 0. The molecule has 0 aromatic heterocycles. The highest BCUT2D eigenvalue weighted by atomic mass is 16.3. The fourth-order valence-corrected chi connectivity index (χ4v) is 2.86. The molecule has 1 fully saturated rings. The standard InChI is InChI=1S/C16H25NO/c1-3-13-8-10-15(11-9-13)17(2)12-16(18)14-6-4-5-7-14/h8-11,14,16,18H,3-7,12H2,1-2H3. The molecular weight excluding hydrogens is 222 g/mol. The van der Waals surface area contributed by atoms with Gasteiger partial charge in [0.15, 0.2) is 0 Å². The lowest BCUT2D eigenvalue weighted by molar-refractivity contribution is 0.117. The van der Waals surface area contributed by atoms with E-state index < -0.39 is 0 Å². The van der Waals surface area contributed by atoms with Crippen molar-refractivity contribution in [3.63, 3.8) is 0 Å². The van der Waals surface area contributed by atoms with Gasteiger partial charge in [-0.3, -0.25) is 0 Å². The molecule has 1 aliphatic rings. The second kappa shape index (κ2) is 6.24. The first-order valence-corrected chi connectivity index (χ1v) is 7.19. The van der Waals surface area contributed by atoms with Crippen molar-refractivity contribution in [3.8, 4) is 0 Å². The smallest absolute Gasteiger partial charge is 0.0743 e. The van der Waals surface area contributed by atoms with Crippen LogP contribution in [-0.2, 0) is 6.42 Å². The summed E-state index contributed by atoms with van der Waals surface area (Å²) in [4.78, 5) is 2.17. The third-order valence-corrected chi connectivity index (χ3v) is 4.19. The number of nitrogens with zero attached hydrogens (tertiary/aromatic N) is 1. The van der Waals surface area contributed by atoms with E-state index in [-0.39, 0.29) is 6.10 Å². The molecule has 0 spiro atoms. The van der Waals surface area contributed by atoms with Gasteiger partial charge in [0.25, 0.3) is 0 Å². The summed E-state index contributed by atoms with van der Waals surface area (Å²) in [7, 11) is 2.07. The van der Waals surface area contributed by atoms with E-state index in [4.69, 9.17) is 0 Å². The topological polar surface area (TPSA) is 23.5 Å². The minimum Gasteiger partial charge on any atom is -0.391 e. The Morgan fingerprint density at radius 1 is 1.22 bits per heavy atom. The van der Waals surface area contributed by atoms with Crippen LogP contribution in [0.15, 0.2) is 24.3 Å². The summed E-state index contributed by atoms with van der Waals surface area (Å²) in [6.07, 6.45) is 5.87. The van der Waals surface area contributed by atoms with Crippen LogP contribution in [0, 0.1) is 5.92 Å². The highest BCUT2D eigenvalue weighted by molar-refractivity contribution is 5.47. The predicted octanol–water partition coefficient (Wildman–Crippen LogP) is 3.24. The van der Waals surface area contributed by atoms with Crippen LogP contribution in [0.5, 0.6) is 0 Å². The number of rotatable bonds is 5. The lowest BCUT2D eigenvalue weighted by Crippen LogP contribution is -2.33. The van der Waals surface area contributed by atoms with E-state index in [1.165, 1.54) is 36.9 Å². The van der Waals surface area contributed by atoms with Crippen LogP contribution >= 0.6 is 0 Å². The molecule has 0 saturated heterocycles. The molecule has 0 bridgehead atoms. The maximum Gasteiger partial charge on any atom is 0.0743 e. The van der Waals surface area contributed by atoms with Crippen LogP contribution in [0.1, 0.15) is 38.2 Å². The first-order chi connectivity index (χ1) is 8.70. The summed E-state index contributed by atoms with van der Waals surface area (Å²) in [5, 5.41) is 10.2. The Balaban J connectivity index is 1.91. The molecule has 2 rings (SSSR count). The van der Waals surface area contributed by atoms with Gasteiger partial charge in [-0.15, -0.1) is 0 Å². The van der Waals surface area contributed by atoms with Crippen molar-refractivity contribution in [2.45, 2.75) is 45.1 Å². The molecule has 2 heteroatoms. The maximum atomic E-state index is 10.2. The highest BCUT2D eigenvalue weighted by Crippen LogP contribution is 2.28. The minimum absolute atomic E-state index is 0.177. The Morgan fingerprint density at radius 3 is 2.39 bits per heavy atom. The number of hydrogen-bond acceptors (Lipinski definition) is 2. The fraction of sp³-hybridized carbons (Fsp3) is 0.625. The monoisotopic (exact) mass is 247 g/mol. The normalized spacial score (nSPS) is 17.9. The quantitative estimate of drug-likeness (QED) is 0.863. The Hall–Kier alpha value is -1.02. The molecule has 1 unspecified atom stereocenters. The molecule has 0 radical (unpaired) electrons. The van der Waals surface area contributed by atoms with Gasteiger partial charge in [-0.1, -0.05) is 31.9 Å². The summed E-state index contributed by atoms with van der Waals surface area (Å²) in [5.74, 6) is 0.516. The maximum absolute atomic E-state index is 10.2. The van der Waals surface area contributed by atoms with E-state index >= 15 is 0 Å². The van der Waals surface area contributed by atoms with Crippen LogP contribution in [0.25, 0.3) is 0 Å². The molecular formula is C16H25NO. The van der Waals surface area contributed by atoms with E-state index in [2.05, 4.69) is 43.1 Å². The van der Waals surface area contributed by atoms with E-state index in [9.17, 15) is 5.11 Å². The van der Waals surface area contributed by atoms with Crippen molar-refractivity contribution >= 4 is 5.69 Å². The van der Waals surface area contributed by atoms with E-state index in [0.717, 1.165) is 13.0 Å². The minimum atomic E-state index is -0.177. The third-order valence-electron chi connectivity index (χ3n) is 4.19. The van der Waals surface area contributed by atoms with Crippen molar-refractivity contribution in [2.24, 2.45) is 5.92 Å². The van der Waals surface area contributed by atoms with Crippen LogP contribution in [0.4, 0.5) is 5.69 Å². The molecule has 0 amide bonds.